The van der Waals surface area contributed by atoms with E-state index in [4.69, 9.17) is 0 Å². The Morgan fingerprint density at radius 2 is 1.74 bits per heavy atom. The predicted octanol–water partition coefficient (Wildman–Crippen LogP) is 2.88. The van der Waals surface area contributed by atoms with Gasteiger partial charge in [-0.05, 0) is 29.8 Å². The van der Waals surface area contributed by atoms with Crippen LogP contribution in [0, 0.1) is 5.82 Å². The summed E-state index contributed by atoms with van der Waals surface area (Å²) in [6, 6.07) is 8.65. The first-order valence-corrected chi connectivity index (χ1v) is 8.75. The summed E-state index contributed by atoms with van der Waals surface area (Å²) in [6.45, 7) is 0. The van der Waals surface area contributed by atoms with Crippen LogP contribution in [0.3, 0.4) is 0 Å². The Morgan fingerprint density at radius 1 is 1.07 bits per heavy atom. The largest absolute Gasteiger partial charge is 0.534 e. The highest BCUT2D eigenvalue weighted by Gasteiger charge is 2.48. The maximum Gasteiger partial charge on any atom is 0.534 e. The quantitative estimate of drug-likeness (QED) is 0.412. The molecule has 11 heteroatoms. The minimum Gasteiger partial charge on any atom is -0.374 e. The number of rotatable bonds is 4. The second kappa shape index (κ2) is 6.65. The number of nitrogens with one attached hydrogen (secondary N) is 1. The maximum atomic E-state index is 13.0. The standard InChI is InChI=1S/C16H10F4N2O4S/c17-10-6-4-9(5-7-10)8-13-21-14-11(15(23)22-13)2-1-3-12(14)26-27(24,25)16(18,19)20/h1-7H,8H2,(H,21,22,23). The molecule has 27 heavy (non-hydrogen) atoms. The van der Waals surface area contributed by atoms with Crippen LogP contribution in [-0.4, -0.2) is 23.9 Å². The van der Waals surface area contributed by atoms with E-state index in [-0.39, 0.29) is 23.1 Å². The summed E-state index contributed by atoms with van der Waals surface area (Å²) >= 11 is 0. The van der Waals surface area contributed by atoms with E-state index in [0.29, 0.717) is 5.56 Å². The number of nitrogens with zero attached hydrogens (tertiary/aromatic N) is 1. The summed E-state index contributed by atoms with van der Waals surface area (Å²) in [5, 5.41) is -0.146. The van der Waals surface area contributed by atoms with Crippen LogP contribution in [0.4, 0.5) is 17.6 Å². The molecule has 0 atom stereocenters. The van der Waals surface area contributed by atoms with Crippen LogP contribution < -0.4 is 9.74 Å². The number of H-pyrrole nitrogens is 1. The molecule has 0 aliphatic rings. The van der Waals surface area contributed by atoms with E-state index in [9.17, 15) is 30.8 Å². The van der Waals surface area contributed by atoms with Gasteiger partial charge in [0.05, 0.1) is 5.39 Å². The van der Waals surface area contributed by atoms with Crippen LogP contribution in [0.2, 0.25) is 0 Å². The second-order valence-electron chi connectivity index (χ2n) is 5.45. The van der Waals surface area contributed by atoms with Gasteiger partial charge in [0.2, 0.25) is 0 Å². The van der Waals surface area contributed by atoms with Gasteiger partial charge in [0.15, 0.2) is 5.75 Å². The minimum atomic E-state index is -5.93. The molecule has 6 nitrogen and oxygen atoms in total. The summed E-state index contributed by atoms with van der Waals surface area (Å²) in [5.74, 6) is -1.15. The summed E-state index contributed by atoms with van der Waals surface area (Å²) < 4.78 is 77.3. The van der Waals surface area contributed by atoms with Crippen molar-refractivity contribution in [2.24, 2.45) is 0 Å². The minimum absolute atomic E-state index is 0.0335. The van der Waals surface area contributed by atoms with Crippen molar-refractivity contribution in [2.45, 2.75) is 11.9 Å². The van der Waals surface area contributed by atoms with E-state index in [1.807, 2.05) is 0 Å². The average Bonchev–Trinajstić information content (AvgIpc) is 2.56. The third-order valence-corrected chi connectivity index (χ3v) is 4.48. The fourth-order valence-electron chi connectivity index (χ4n) is 2.29. The molecule has 0 fully saturated rings. The summed E-state index contributed by atoms with van der Waals surface area (Å²) in [6.07, 6.45) is 0.0335. The van der Waals surface area contributed by atoms with E-state index in [0.717, 1.165) is 6.07 Å². The molecular weight excluding hydrogens is 392 g/mol. The first-order chi connectivity index (χ1) is 12.6. The first kappa shape index (κ1) is 18.8. The zero-order valence-electron chi connectivity index (χ0n) is 13.2. The van der Waals surface area contributed by atoms with Gasteiger partial charge in [0.25, 0.3) is 5.56 Å². The Labute approximate surface area is 149 Å². The van der Waals surface area contributed by atoms with Crippen LogP contribution in [0.15, 0.2) is 47.3 Å². The average molecular weight is 402 g/mol. The van der Waals surface area contributed by atoms with E-state index in [1.165, 1.54) is 36.4 Å². The number of halogens is 4. The Bertz CT molecular complexity index is 1160. The summed E-state index contributed by atoms with van der Waals surface area (Å²) in [7, 11) is -5.93. The zero-order chi connectivity index (χ0) is 19.8. The molecule has 0 amide bonds. The molecule has 0 aliphatic heterocycles. The number of alkyl halides is 3. The Balaban J connectivity index is 2.07. The van der Waals surface area contributed by atoms with Gasteiger partial charge in [-0.2, -0.15) is 21.6 Å². The molecule has 0 spiro atoms. The third kappa shape index (κ3) is 3.92. The fourth-order valence-corrected chi connectivity index (χ4v) is 2.76. The lowest BCUT2D eigenvalue weighted by molar-refractivity contribution is -0.0499. The van der Waals surface area contributed by atoms with Crippen molar-refractivity contribution in [3.8, 4) is 5.75 Å². The van der Waals surface area contributed by atoms with E-state index >= 15 is 0 Å². The molecule has 0 saturated heterocycles. The van der Waals surface area contributed by atoms with Gasteiger partial charge in [-0.15, -0.1) is 0 Å². The Hall–Kier alpha value is -2.95. The van der Waals surface area contributed by atoms with Crippen LogP contribution in [0.25, 0.3) is 10.9 Å². The van der Waals surface area contributed by atoms with Crippen molar-refractivity contribution in [1.29, 1.82) is 0 Å². The fraction of sp³-hybridized carbons (Fsp3) is 0.125. The molecular formula is C16H10F4N2O4S. The molecule has 1 N–H and O–H groups in total. The van der Waals surface area contributed by atoms with Crippen molar-refractivity contribution < 1.29 is 30.2 Å². The number of para-hydroxylation sites is 1. The normalized spacial score (nSPS) is 12.3. The van der Waals surface area contributed by atoms with Gasteiger partial charge < -0.3 is 9.17 Å². The van der Waals surface area contributed by atoms with Gasteiger partial charge in [0, 0.05) is 6.42 Å². The number of fused-ring (bicyclic) bond motifs is 1. The van der Waals surface area contributed by atoms with Crippen molar-refractivity contribution in [3.05, 3.63) is 70.0 Å². The monoisotopic (exact) mass is 402 g/mol. The van der Waals surface area contributed by atoms with Crippen LogP contribution in [0.1, 0.15) is 11.4 Å². The number of aromatic amines is 1. The van der Waals surface area contributed by atoms with E-state index in [1.54, 1.807) is 0 Å². The second-order valence-corrected chi connectivity index (χ2v) is 6.99. The zero-order valence-corrected chi connectivity index (χ0v) is 14.1. The lowest BCUT2D eigenvalue weighted by Crippen LogP contribution is -2.28. The van der Waals surface area contributed by atoms with E-state index < -0.39 is 32.8 Å². The van der Waals surface area contributed by atoms with Gasteiger partial charge in [-0.3, -0.25) is 4.79 Å². The predicted molar refractivity (Wildman–Crippen MR) is 87.2 cm³/mol. The van der Waals surface area contributed by atoms with Crippen molar-refractivity contribution in [1.82, 2.24) is 9.97 Å². The van der Waals surface area contributed by atoms with Crippen LogP contribution >= 0.6 is 0 Å². The highest BCUT2D eigenvalue weighted by Crippen LogP contribution is 2.30. The summed E-state index contributed by atoms with van der Waals surface area (Å²) in [4.78, 5) is 18.6. The molecule has 2 aromatic carbocycles. The Morgan fingerprint density at radius 3 is 2.37 bits per heavy atom. The third-order valence-electron chi connectivity index (χ3n) is 3.52. The number of hydrogen-bond donors (Lipinski definition) is 1. The van der Waals surface area contributed by atoms with Gasteiger partial charge in [-0.1, -0.05) is 18.2 Å². The molecule has 3 rings (SSSR count). The van der Waals surface area contributed by atoms with Crippen LogP contribution in [-0.2, 0) is 16.5 Å². The highest BCUT2D eigenvalue weighted by molar-refractivity contribution is 7.88. The number of benzene rings is 2. The first-order valence-electron chi connectivity index (χ1n) is 7.34. The van der Waals surface area contributed by atoms with E-state index in [2.05, 4.69) is 14.2 Å². The highest BCUT2D eigenvalue weighted by atomic mass is 32.2. The van der Waals surface area contributed by atoms with Crippen molar-refractivity contribution in [3.63, 3.8) is 0 Å². The topological polar surface area (TPSA) is 89.1 Å². The van der Waals surface area contributed by atoms with Gasteiger partial charge >= 0.3 is 15.6 Å². The molecule has 0 saturated carbocycles. The van der Waals surface area contributed by atoms with Gasteiger partial charge in [0.1, 0.15) is 17.2 Å². The van der Waals surface area contributed by atoms with Crippen LogP contribution in [0.5, 0.6) is 5.75 Å². The van der Waals surface area contributed by atoms with Crippen molar-refractivity contribution >= 4 is 21.0 Å². The lowest BCUT2D eigenvalue weighted by atomic mass is 10.1. The SMILES string of the molecule is O=c1[nH]c(Cc2ccc(F)cc2)nc2c(OS(=O)(=O)C(F)(F)F)cccc12. The molecule has 1 aromatic heterocycles. The molecule has 0 aliphatic carbocycles. The molecule has 1 heterocycles. The molecule has 0 radical (unpaired) electrons. The smallest absolute Gasteiger partial charge is 0.374 e. The molecule has 0 unspecified atom stereocenters. The lowest BCUT2D eigenvalue weighted by Gasteiger charge is -2.11. The molecule has 3 aromatic rings. The number of hydrogen-bond acceptors (Lipinski definition) is 5. The maximum absolute atomic E-state index is 13.0. The van der Waals surface area contributed by atoms with Crippen molar-refractivity contribution in [2.75, 3.05) is 0 Å². The van der Waals surface area contributed by atoms with Gasteiger partial charge in [-0.25, -0.2) is 9.37 Å². The molecule has 0 bridgehead atoms. The summed E-state index contributed by atoms with van der Waals surface area (Å²) in [5.41, 5.74) is -6.09. The number of aromatic nitrogens is 2. The Kier molecular flexibility index (Phi) is 4.64. The molecule has 142 valence electrons.